The van der Waals surface area contributed by atoms with Crippen molar-refractivity contribution >= 4 is 5.97 Å². The fraction of sp³-hybridized carbons (Fsp3) is 0.500. The first-order valence-corrected chi connectivity index (χ1v) is 6.15. The summed E-state index contributed by atoms with van der Waals surface area (Å²) >= 11 is 0. The van der Waals surface area contributed by atoms with E-state index in [1.54, 1.807) is 0 Å². The molecule has 1 heterocycles. The Morgan fingerprint density at radius 3 is 2.89 bits per heavy atom. The molecule has 1 aliphatic rings. The van der Waals surface area contributed by atoms with Gasteiger partial charge in [0.15, 0.2) is 0 Å². The molecule has 0 saturated carbocycles. The fourth-order valence-corrected chi connectivity index (χ4v) is 2.13. The summed E-state index contributed by atoms with van der Waals surface area (Å²) in [6.45, 7) is 4.73. The number of hydrogen-bond acceptors (Lipinski definition) is 4. The van der Waals surface area contributed by atoms with Crippen LogP contribution in [0.25, 0.3) is 0 Å². The Morgan fingerprint density at radius 1 is 1.39 bits per heavy atom. The molecule has 1 fully saturated rings. The van der Waals surface area contributed by atoms with E-state index in [4.69, 9.17) is 9.47 Å². The molecule has 0 spiro atoms. The first-order valence-electron chi connectivity index (χ1n) is 6.15. The highest BCUT2D eigenvalue weighted by Crippen LogP contribution is 2.23. The molecule has 1 aliphatic heterocycles. The monoisotopic (exact) mass is 249 g/mol. The summed E-state index contributed by atoms with van der Waals surface area (Å²) in [5.74, 6) is 0.675. The summed E-state index contributed by atoms with van der Waals surface area (Å²) in [6.07, 6.45) is 0.676. The zero-order valence-corrected chi connectivity index (χ0v) is 11.0. The second kappa shape index (κ2) is 5.40. The molecular weight excluding hydrogens is 230 g/mol. The molecule has 98 valence electrons. The van der Waals surface area contributed by atoms with Gasteiger partial charge < -0.3 is 14.8 Å². The number of ether oxygens (including phenoxy) is 2. The lowest BCUT2D eigenvalue weighted by molar-refractivity contribution is -0.142. The smallest absolute Gasteiger partial charge is 0.323 e. The van der Waals surface area contributed by atoms with Crippen LogP contribution in [0.15, 0.2) is 18.2 Å². The summed E-state index contributed by atoms with van der Waals surface area (Å²) in [6, 6.07) is 5.89. The third kappa shape index (κ3) is 2.82. The minimum absolute atomic E-state index is 0.0228. The number of carbonyl (C=O) groups is 1. The molecule has 0 bridgehead atoms. The average molecular weight is 249 g/mol. The van der Waals surface area contributed by atoms with Gasteiger partial charge in [-0.3, -0.25) is 4.79 Å². The summed E-state index contributed by atoms with van der Waals surface area (Å²) in [4.78, 5) is 11.4. The molecule has 1 aromatic rings. The second-order valence-electron chi connectivity index (χ2n) is 4.73. The summed E-state index contributed by atoms with van der Waals surface area (Å²) < 4.78 is 10.7. The molecule has 1 unspecified atom stereocenters. The fourth-order valence-electron chi connectivity index (χ4n) is 2.13. The Labute approximate surface area is 107 Å². The maximum atomic E-state index is 11.4. The normalized spacial score (nSPS) is 22.8. The van der Waals surface area contributed by atoms with Gasteiger partial charge in [-0.1, -0.05) is 12.1 Å². The van der Waals surface area contributed by atoms with Crippen molar-refractivity contribution in [3.8, 4) is 5.75 Å². The molecule has 0 aromatic heterocycles. The average Bonchev–Trinajstić information content (AvgIpc) is 2.81. The maximum absolute atomic E-state index is 11.4. The van der Waals surface area contributed by atoms with E-state index in [2.05, 4.69) is 11.4 Å². The van der Waals surface area contributed by atoms with Crippen LogP contribution >= 0.6 is 0 Å². The van der Waals surface area contributed by atoms with Gasteiger partial charge in [0.05, 0.1) is 7.11 Å². The lowest BCUT2D eigenvalue weighted by atomic mass is 10.1. The van der Waals surface area contributed by atoms with Crippen LogP contribution in [0.2, 0.25) is 0 Å². The van der Waals surface area contributed by atoms with Gasteiger partial charge in [-0.15, -0.1) is 0 Å². The highest BCUT2D eigenvalue weighted by molar-refractivity contribution is 5.76. The van der Waals surface area contributed by atoms with E-state index >= 15 is 0 Å². The molecule has 1 N–H and O–H groups in total. The van der Waals surface area contributed by atoms with Gasteiger partial charge >= 0.3 is 5.97 Å². The number of methoxy groups -OCH3 is 1. The topological polar surface area (TPSA) is 47.6 Å². The SMILES string of the molecule is COC(=O)[C@@H]1CC(Oc2cc(C)ccc2C)CN1. The Bertz CT molecular complexity index is 445. The van der Waals surface area contributed by atoms with Crippen molar-refractivity contribution in [3.05, 3.63) is 29.3 Å². The van der Waals surface area contributed by atoms with Crippen molar-refractivity contribution in [1.82, 2.24) is 5.32 Å². The molecule has 18 heavy (non-hydrogen) atoms. The number of benzene rings is 1. The summed E-state index contributed by atoms with van der Waals surface area (Å²) in [7, 11) is 1.41. The Hall–Kier alpha value is -1.55. The van der Waals surface area contributed by atoms with Crippen LogP contribution in [0, 0.1) is 13.8 Å². The molecule has 1 saturated heterocycles. The van der Waals surface area contributed by atoms with Crippen LogP contribution in [0.5, 0.6) is 5.75 Å². The first-order chi connectivity index (χ1) is 8.60. The summed E-state index contributed by atoms with van der Waals surface area (Å²) in [5, 5.41) is 3.11. The Kier molecular flexibility index (Phi) is 3.87. The third-order valence-corrected chi connectivity index (χ3v) is 3.21. The number of rotatable bonds is 3. The zero-order valence-electron chi connectivity index (χ0n) is 11.0. The molecule has 4 nitrogen and oxygen atoms in total. The van der Waals surface area contributed by atoms with Crippen LogP contribution < -0.4 is 10.1 Å². The van der Waals surface area contributed by atoms with Gasteiger partial charge in [0.25, 0.3) is 0 Å². The van der Waals surface area contributed by atoms with E-state index in [0.29, 0.717) is 13.0 Å². The van der Waals surface area contributed by atoms with E-state index in [1.807, 2.05) is 26.0 Å². The van der Waals surface area contributed by atoms with Gasteiger partial charge in [-0.25, -0.2) is 0 Å². The van der Waals surface area contributed by atoms with Crippen LogP contribution in [0.1, 0.15) is 17.5 Å². The third-order valence-electron chi connectivity index (χ3n) is 3.21. The quantitative estimate of drug-likeness (QED) is 0.826. The van der Waals surface area contributed by atoms with E-state index in [9.17, 15) is 4.79 Å². The predicted octanol–water partition coefficient (Wildman–Crippen LogP) is 1.59. The standard InChI is InChI=1S/C14H19NO3/c1-9-4-5-10(2)13(6-9)18-11-7-12(15-8-11)14(16)17-3/h4-6,11-12,15H,7-8H2,1-3H3/t11?,12-/m0/s1. The van der Waals surface area contributed by atoms with Gasteiger partial charge in [0, 0.05) is 13.0 Å². The molecule has 2 atom stereocenters. The summed E-state index contributed by atoms with van der Waals surface area (Å²) in [5.41, 5.74) is 2.29. The molecule has 0 amide bonds. The van der Waals surface area contributed by atoms with Crippen molar-refractivity contribution in [2.24, 2.45) is 0 Å². The largest absolute Gasteiger partial charge is 0.489 e. The van der Waals surface area contributed by atoms with E-state index in [-0.39, 0.29) is 18.1 Å². The predicted molar refractivity (Wildman–Crippen MR) is 68.8 cm³/mol. The highest BCUT2D eigenvalue weighted by atomic mass is 16.5. The van der Waals surface area contributed by atoms with Crippen LogP contribution in [0.3, 0.4) is 0 Å². The Balaban J connectivity index is 1.99. The van der Waals surface area contributed by atoms with Crippen LogP contribution in [0.4, 0.5) is 0 Å². The van der Waals surface area contributed by atoms with Crippen molar-refractivity contribution in [3.63, 3.8) is 0 Å². The maximum Gasteiger partial charge on any atom is 0.323 e. The number of nitrogens with one attached hydrogen (secondary N) is 1. The van der Waals surface area contributed by atoms with Gasteiger partial charge in [-0.2, -0.15) is 0 Å². The number of esters is 1. The van der Waals surface area contributed by atoms with E-state index < -0.39 is 0 Å². The number of hydrogen-bond donors (Lipinski definition) is 1. The molecule has 4 heteroatoms. The first kappa shape index (κ1) is 12.9. The number of aryl methyl sites for hydroxylation is 2. The lowest BCUT2D eigenvalue weighted by Crippen LogP contribution is -2.31. The lowest BCUT2D eigenvalue weighted by Gasteiger charge is -2.15. The van der Waals surface area contributed by atoms with Crippen molar-refractivity contribution in [1.29, 1.82) is 0 Å². The van der Waals surface area contributed by atoms with Crippen LogP contribution in [-0.4, -0.2) is 31.8 Å². The van der Waals surface area contributed by atoms with Gasteiger partial charge in [0.1, 0.15) is 17.9 Å². The Morgan fingerprint density at radius 2 is 2.17 bits per heavy atom. The van der Waals surface area contributed by atoms with Crippen molar-refractivity contribution in [2.45, 2.75) is 32.4 Å². The minimum atomic E-state index is -0.245. The van der Waals surface area contributed by atoms with Gasteiger partial charge in [-0.05, 0) is 31.0 Å². The van der Waals surface area contributed by atoms with E-state index in [1.165, 1.54) is 12.7 Å². The van der Waals surface area contributed by atoms with E-state index in [0.717, 1.165) is 11.3 Å². The molecule has 1 aromatic carbocycles. The van der Waals surface area contributed by atoms with Gasteiger partial charge in [0.2, 0.25) is 0 Å². The zero-order chi connectivity index (χ0) is 13.1. The number of carbonyl (C=O) groups excluding carboxylic acids is 1. The van der Waals surface area contributed by atoms with Crippen molar-refractivity contribution in [2.75, 3.05) is 13.7 Å². The van der Waals surface area contributed by atoms with Crippen molar-refractivity contribution < 1.29 is 14.3 Å². The molecule has 0 radical (unpaired) electrons. The van der Waals surface area contributed by atoms with Crippen LogP contribution in [-0.2, 0) is 9.53 Å². The molecule has 2 rings (SSSR count). The molecule has 0 aliphatic carbocycles. The minimum Gasteiger partial charge on any atom is -0.489 e. The highest BCUT2D eigenvalue weighted by Gasteiger charge is 2.31. The second-order valence-corrected chi connectivity index (χ2v) is 4.73. The molecular formula is C14H19NO3.